The minimum Gasteiger partial charge on any atom is -0.487 e. The van der Waals surface area contributed by atoms with Crippen LogP contribution in [0, 0.1) is 0 Å². The summed E-state index contributed by atoms with van der Waals surface area (Å²) in [6.45, 7) is 0. The van der Waals surface area contributed by atoms with Gasteiger partial charge in [0.25, 0.3) is 0 Å². The number of aliphatic hydroxyl groups is 1. The van der Waals surface area contributed by atoms with Crippen molar-refractivity contribution in [2.45, 2.75) is 25.0 Å². The molecule has 2 unspecified atom stereocenters. The summed E-state index contributed by atoms with van der Waals surface area (Å²) in [4.78, 5) is 4.22. The summed E-state index contributed by atoms with van der Waals surface area (Å²) in [5, 5.41) is 10.2. The zero-order chi connectivity index (χ0) is 12.4. The fourth-order valence-corrected chi connectivity index (χ4v) is 2.29. The molecule has 0 amide bonds. The Labute approximate surface area is 106 Å². The second-order valence-corrected chi connectivity index (χ2v) is 4.56. The lowest BCUT2D eigenvalue weighted by molar-refractivity contribution is 0.0496. The van der Waals surface area contributed by atoms with Gasteiger partial charge in [-0.2, -0.15) is 0 Å². The van der Waals surface area contributed by atoms with Crippen LogP contribution in [0.2, 0.25) is 0 Å². The maximum absolute atomic E-state index is 10.2. The number of aliphatic hydroxyl groups excluding tert-OH is 1. The number of benzene rings is 1. The predicted octanol–water partition coefficient (Wildman–Crippen LogP) is 1.99. The smallest absolute Gasteiger partial charge is 0.129 e. The average molecular weight is 241 g/mol. The molecule has 2 atom stereocenters. The minimum absolute atomic E-state index is 0.163. The largest absolute Gasteiger partial charge is 0.487 e. The van der Waals surface area contributed by atoms with E-state index in [1.807, 2.05) is 42.5 Å². The molecule has 0 saturated heterocycles. The van der Waals surface area contributed by atoms with Gasteiger partial charge in [0.2, 0.25) is 0 Å². The Kier molecular flexibility index (Phi) is 2.99. The van der Waals surface area contributed by atoms with E-state index in [0.29, 0.717) is 6.42 Å². The molecule has 1 aliphatic heterocycles. The van der Waals surface area contributed by atoms with Crippen LogP contribution in [0.3, 0.4) is 0 Å². The number of rotatable bonds is 3. The lowest BCUT2D eigenvalue weighted by Gasteiger charge is -2.17. The van der Waals surface area contributed by atoms with E-state index in [9.17, 15) is 5.11 Å². The number of pyridine rings is 1. The van der Waals surface area contributed by atoms with Gasteiger partial charge in [-0.05, 0) is 23.8 Å². The number of nitrogens with zero attached hydrogens (tertiary/aromatic N) is 1. The Balaban J connectivity index is 1.67. The topological polar surface area (TPSA) is 42.4 Å². The van der Waals surface area contributed by atoms with Gasteiger partial charge < -0.3 is 9.84 Å². The third-order valence-corrected chi connectivity index (χ3v) is 3.25. The summed E-state index contributed by atoms with van der Waals surface area (Å²) >= 11 is 0. The molecule has 18 heavy (non-hydrogen) atoms. The number of fused-ring (bicyclic) bond motifs is 1. The van der Waals surface area contributed by atoms with Gasteiger partial charge in [0, 0.05) is 24.7 Å². The van der Waals surface area contributed by atoms with Crippen molar-refractivity contribution in [1.82, 2.24) is 4.98 Å². The molecule has 0 radical (unpaired) electrons. The summed E-state index contributed by atoms with van der Waals surface area (Å²) in [6, 6.07) is 13.7. The van der Waals surface area contributed by atoms with Gasteiger partial charge in [-0.1, -0.05) is 24.3 Å². The minimum atomic E-state index is -0.521. The first-order valence-corrected chi connectivity index (χ1v) is 6.15. The fourth-order valence-electron chi connectivity index (χ4n) is 2.29. The van der Waals surface area contributed by atoms with Crippen molar-refractivity contribution >= 4 is 0 Å². The molecule has 3 heteroatoms. The molecule has 0 fully saturated rings. The summed E-state index contributed by atoms with van der Waals surface area (Å²) in [5.74, 6) is 0.891. The molecule has 2 aromatic rings. The first-order chi connectivity index (χ1) is 8.83. The van der Waals surface area contributed by atoms with E-state index in [1.165, 1.54) is 5.56 Å². The van der Waals surface area contributed by atoms with Gasteiger partial charge in [0.15, 0.2) is 0 Å². The summed E-state index contributed by atoms with van der Waals surface area (Å²) in [7, 11) is 0. The monoisotopic (exact) mass is 241 g/mol. The normalized spacial score (nSPS) is 19.1. The third kappa shape index (κ3) is 2.22. The first-order valence-electron chi connectivity index (χ1n) is 6.15. The van der Waals surface area contributed by atoms with Crippen molar-refractivity contribution in [3.8, 4) is 5.75 Å². The van der Waals surface area contributed by atoms with Crippen LogP contribution in [-0.2, 0) is 12.8 Å². The first kappa shape index (κ1) is 11.2. The van der Waals surface area contributed by atoms with E-state index in [1.54, 1.807) is 6.20 Å². The molecule has 1 aromatic carbocycles. The zero-order valence-electron chi connectivity index (χ0n) is 9.99. The molecule has 92 valence electrons. The van der Waals surface area contributed by atoms with Crippen molar-refractivity contribution < 1.29 is 9.84 Å². The SMILES string of the molecule is OC(Cc1ccccn1)C1Cc2ccccc2O1. The van der Waals surface area contributed by atoms with Crippen LogP contribution in [0.25, 0.3) is 0 Å². The van der Waals surface area contributed by atoms with Gasteiger partial charge in [-0.15, -0.1) is 0 Å². The van der Waals surface area contributed by atoms with Crippen LogP contribution in [-0.4, -0.2) is 22.3 Å². The predicted molar refractivity (Wildman–Crippen MR) is 68.5 cm³/mol. The Bertz CT molecular complexity index is 502. The Morgan fingerprint density at radius 3 is 2.83 bits per heavy atom. The van der Waals surface area contributed by atoms with Crippen molar-refractivity contribution in [2.24, 2.45) is 0 Å². The lowest BCUT2D eigenvalue weighted by atomic mass is 10.0. The van der Waals surface area contributed by atoms with Gasteiger partial charge in [-0.25, -0.2) is 0 Å². The van der Waals surface area contributed by atoms with Crippen molar-refractivity contribution in [1.29, 1.82) is 0 Å². The molecule has 0 saturated carbocycles. The van der Waals surface area contributed by atoms with Crippen LogP contribution >= 0.6 is 0 Å². The molecule has 1 aliphatic rings. The number of aromatic nitrogens is 1. The highest BCUT2D eigenvalue weighted by Gasteiger charge is 2.29. The second-order valence-electron chi connectivity index (χ2n) is 4.56. The van der Waals surface area contributed by atoms with E-state index in [4.69, 9.17) is 4.74 Å². The number of hydrogen-bond donors (Lipinski definition) is 1. The number of ether oxygens (including phenoxy) is 1. The van der Waals surface area contributed by atoms with Gasteiger partial charge in [0.1, 0.15) is 11.9 Å². The highest BCUT2D eigenvalue weighted by atomic mass is 16.5. The highest BCUT2D eigenvalue weighted by molar-refractivity contribution is 5.37. The molecule has 1 N–H and O–H groups in total. The van der Waals surface area contributed by atoms with Crippen LogP contribution in [0.4, 0.5) is 0 Å². The Hall–Kier alpha value is -1.87. The number of hydrogen-bond acceptors (Lipinski definition) is 3. The Morgan fingerprint density at radius 2 is 2.06 bits per heavy atom. The van der Waals surface area contributed by atoms with Gasteiger partial charge in [0.05, 0.1) is 6.10 Å². The standard InChI is InChI=1S/C15H15NO2/c17-13(10-12-6-3-4-8-16-12)15-9-11-5-1-2-7-14(11)18-15/h1-8,13,15,17H,9-10H2. The molecular weight excluding hydrogens is 226 g/mol. The fraction of sp³-hybridized carbons (Fsp3) is 0.267. The van der Waals surface area contributed by atoms with Crippen LogP contribution in [0.5, 0.6) is 5.75 Å². The lowest BCUT2D eigenvalue weighted by Crippen LogP contribution is -2.32. The molecule has 0 aliphatic carbocycles. The van der Waals surface area contributed by atoms with Crippen LogP contribution in [0.15, 0.2) is 48.7 Å². The second kappa shape index (κ2) is 4.78. The molecule has 2 heterocycles. The van der Waals surface area contributed by atoms with Crippen LogP contribution < -0.4 is 4.74 Å². The van der Waals surface area contributed by atoms with Crippen molar-refractivity contribution in [2.75, 3.05) is 0 Å². The summed E-state index contributed by atoms with van der Waals surface area (Å²) in [5.41, 5.74) is 2.06. The maximum atomic E-state index is 10.2. The van der Waals surface area contributed by atoms with E-state index >= 15 is 0 Å². The van der Waals surface area contributed by atoms with Crippen molar-refractivity contribution in [3.05, 3.63) is 59.9 Å². The van der Waals surface area contributed by atoms with E-state index in [-0.39, 0.29) is 6.10 Å². The molecule has 3 rings (SSSR count). The maximum Gasteiger partial charge on any atom is 0.129 e. The highest BCUT2D eigenvalue weighted by Crippen LogP contribution is 2.30. The molecular formula is C15H15NO2. The van der Waals surface area contributed by atoms with Gasteiger partial charge >= 0.3 is 0 Å². The van der Waals surface area contributed by atoms with E-state index in [0.717, 1.165) is 17.9 Å². The summed E-state index contributed by atoms with van der Waals surface area (Å²) in [6.07, 6.45) is 2.35. The van der Waals surface area contributed by atoms with Crippen molar-refractivity contribution in [3.63, 3.8) is 0 Å². The summed E-state index contributed by atoms with van der Waals surface area (Å²) < 4.78 is 5.76. The average Bonchev–Trinajstić information content (AvgIpc) is 2.84. The van der Waals surface area contributed by atoms with Gasteiger partial charge in [-0.3, -0.25) is 4.98 Å². The van der Waals surface area contributed by atoms with E-state index < -0.39 is 6.10 Å². The number of para-hydroxylation sites is 1. The zero-order valence-corrected chi connectivity index (χ0v) is 9.99. The molecule has 1 aromatic heterocycles. The molecule has 0 spiro atoms. The quantitative estimate of drug-likeness (QED) is 0.893. The van der Waals surface area contributed by atoms with E-state index in [2.05, 4.69) is 4.98 Å². The Morgan fingerprint density at radius 1 is 1.22 bits per heavy atom. The molecule has 0 bridgehead atoms. The third-order valence-electron chi connectivity index (χ3n) is 3.25. The van der Waals surface area contributed by atoms with Crippen LogP contribution in [0.1, 0.15) is 11.3 Å². The molecule has 3 nitrogen and oxygen atoms in total.